The third-order valence-corrected chi connectivity index (χ3v) is 2.25. The van der Waals surface area contributed by atoms with Crippen molar-refractivity contribution in [3.05, 3.63) is 0 Å². The fourth-order valence-electron chi connectivity index (χ4n) is 1.35. The van der Waals surface area contributed by atoms with Crippen LogP contribution in [0.1, 0.15) is 19.8 Å². The number of carbonyl (C=O) groups is 1. The predicted octanol–water partition coefficient (Wildman–Crippen LogP) is 0.287. The molecular formula is C7H13NO2. The quantitative estimate of drug-likeness (QED) is 0.604. The van der Waals surface area contributed by atoms with E-state index in [2.05, 4.69) is 0 Å². The second-order valence-electron chi connectivity index (χ2n) is 3.16. The third-order valence-electron chi connectivity index (χ3n) is 2.25. The standard InChI is InChI=1S/C7H13NO2/c1-7(10-2)3-5(4-7)6(8)9/h5H,3-4H2,1-2H3,(H2,8,9). The lowest BCUT2D eigenvalue weighted by molar-refractivity contribution is -0.140. The molecule has 3 nitrogen and oxygen atoms in total. The monoisotopic (exact) mass is 143 g/mol. The van der Waals surface area contributed by atoms with Gasteiger partial charge in [0.2, 0.25) is 5.91 Å². The van der Waals surface area contributed by atoms with E-state index < -0.39 is 0 Å². The van der Waals surface area contributed by atoms with Crippen LogP contribution in [0.4, 0.5) is 0 Å². The van der Waals surface area contributed by atoms with Gasteiger partial charge in [0.05, 0.1) is 5.60 Å². The molecule has 2 N–H and O–H groups in total. The number of carbonyl (C=O) groups excluding carboxylic acids is 1. The summed E-state index contributed by atoms with van der Waals surface area (Å²) in [5, 5.41) is 0. The molecule has 0 spiro atoms. The lowest BCUT2D eigenvalue weighted by Crippen LogP contribution is -2.47. The van der Waals surface area contributed by atoms with Gasteiger partial charge in [-0.25, -0.2) is 0 Å². The van der Waals surface area contributed by atoms with Gasteiger partial charge in [0.25, 0.3) is 0 Å². The number of hydrogen-bond acceptors (Lipinski definition) is 2. The fraction of sp³-hybridized carbons (Fsp3) is 0.857. The van der Waals surface area contributed by atoms with Crippen molar-refractivity contribution in [1.82, 2.24) is 0 Å². The van der Waals surface area contributed by atoms with Gasteiger partial charge in [0.15, 0.2) is 0 Å². The lowest BCUT2D eigenvalue weighted by Gasteiger charge is -2.42. The summed E-state index contributed by atoms with van der Waals surface area (Å²) in [6.07, 6.45) is 1.55. The summed E-state index contributed by atoms with van der Waals surface area (Å²) in [6, 6.07) is 0. The van der Waals surface area contributed by atoms with Gasteiger partial charge < -0.3 is 10.5 Å². The van der Waals surface area contributed by atoms with E-state index in [4.69, 9.17) is 10.5 Å². The van der Waals surface area contributed by atoms with E-state index in [9.17, 15) is 4.79 Å². The highest BCUT2D eigenvalue weighted by Crippen LogP contribution is 2.39. The molecule has 3 heteroatoms. The fourth-order valence-corrected chi connectivity index (χ4v) is 1.35. The minimum absolute atomic E-state index is 0.0462. The SMILES string of the molecule is COC1(C)CC(C(N)=O)C1. The van der Waals surface area contributed by atoms with Crippen molar-refractivity contribution in [1.29, 1.82) is 0 Å². The molecule has 0 aliphatic heterocycles. The molecule has 0 aromatic carbocycles. The van der Waals surface area contributed by atoms with Crippen molar-refractivity contribution in [3.63, 3.8) is 0 Å². The maximum Gasteiger partial charge on any atom is 0.220 e. The van der Waals surface area contributed by atoms with Crippen molar-refractivity contribution in [2.75, 3.05) is 7.11 Å². The van der Waals surface area contributed by atoms with Crippen LogP contribution in [0.2, 0.25) is 0 Å². The first-order valence-electron chi connectivity index (χ1n) is 3.42. The molecule has 1 saturated carbocycles. The van der Waals surface area contributed by atoms with E-state index in [0.29, 0.717) is 0 Å². The summed E-state index contributed by atoms with van der Waals surface area (Å²) in [4.78, 5) is 10.6. The van der Waals surface area contributed by atoms with Crippen molar-refractivity contribution < 1.29 is 9.53 Å². The van der Waals surface area contributed by atoms with Gasteiger partial charge in [-0.3, -0.25) is 4.79 Å². The van der Waals surface area contributed by atoms with Crippen LogP contribution in [0.25, 0.3) is 0 Å². The molecule has 0 unspecified atom stereocenters. The van der Waals surface area contributed by atoms with Crippen LogP contribution < -0.4 is 5.73 Å². The maximum absolute atomic E-state index is 10.6. The van der Waals surface area contributed by atoms with Crippen LogP contribution in [-0.4, -0.2) is 18.6 Å². The Bertz CT molecular complexity index is 150. The highest BCUT2D eigenvalue weighted by Gasteiger charge is 2.43. The Labute approximate surface area is 60.5 Å². The molecule has 1 aliphatic carbocycles. The van der Waals surface area contributed by atoms with Crippen LogP contribution in [0.5, 0.6) is 0 Å². The molecule has 0 radical (unpaired) electrons. The highest BCUT2D eigenvalue weighted by molar-refractivity contribution is 5.78. The van der Waals surface area contributed by atoms with Gasteiger partial charge in [0.1, 0.15) is 0 Å². The molecule has 0 aromatic heterocycles. The van der Waals surface area contributed by atoms with Gasteiger partial charge in [-0.05, 0) is 19.8 Å². The molecule has 0 bridgehead atoms. The molecule has 0 heterocycles. The van der Waals surface area contributed by atoms with E-state index in [1.54, 1.807) is 7.11 Å². The summed E-state index contributed by atoms with van der Waals surface area (Å²) in [7, 11) is 1.66. The van der Waals surface area contributed by atoms with Gasteiger partial charge in [-0.2, -0.15) is 0 Å². The molecule has 58 valence electrons. The number of amides is 1. The van der Waals surface area contributed by atoms with Gasteiger partial charge in [-0.15, -0.1) is 0 Å². The molecule has 0 saturated heterocycles. The number of nitrogens with two attached hydrogens (primary N) is 1. The van der Waals surface area contributed by atoms with Crippen molar-refractivity contribution in [2.24, 2.45) is 11.7 Å². The second-order valence-corrected chi connectivity index (χ2v) is 3.16. The average molecular weight is 143 g/mol. The maximum atomic E-state index is 10.6. The van der Waals surface area contributed by atoms with Crippen molar-refractivity contribution >= 4 is 5.91 Å². The second kappa shape index (κ2) is 2.23. The first-order valence-corrected chi connectivity index (χ1v) is 3.42. The number of ether oxygens (including phenoxy) is 1. The Kier molecular flexibility index (Phi) is 1.68. The van der Waals surface area contributed by atoms with E-state index >= 15 is 0 Å². The first kappa shape index (κ1) is 7.54. The molecule has 1 fully saturated rings. The number of methoxy groups -OCH3 is 1. The summed E-state index contributed by atoms with van der Waals surface area (Å²) in [6.45, 7) is 1.99. The van der Waals surface area contributed by atoms with Gasteiger partial charge >= 0.3 is 0 Å². The first-order chi connectivity index (χ1) is 4.57. The Morgan fingerprint density at radius 1 is 1.70 bits per heavy atom. The number of primary amides is 1. The van der Waals surface area contributed by atoms with E-state index in [-0.39, 0.29) is 17.4 Å². The molecular weight excluding hydrogens is 130 g/mol. The van der Waals surface area contributed by atoms with Gasteiger partial charge in [0, 0.05) is 13.0 Å². The molecule has 0 atom stereocenters. The largest absolute Gasteiger partial charge is 0.378 e. The zero-order chi connectivity index (χ0) is 7.78. The molecule has 1 aliphatic rings. The molecule has 10 heavy (non-hydrogen) atoms. The summed E-state index contributed by atoms with van der Waals surface area (Å²) >= 11 is 0. The Morgan fingerprint density at radius 3 is 2.50 bits per heavy atom. The number of rotatable bonds is 2. The van der Waals surface area contributed by atoms with Crippen LogP contribution in [0, 0.1) is 5.92 Å². The van der Waals surface area contributed by atoms with Crippen LogP contribution in [0.15, 0.2) is 0 Å². The highest BCUT2D eigenvalue weighted by atomic mass is 16.5. The minimum atomic E-state index is -0.200. The van der Waals surface area contributed by atoms with E-state index in [0.717, 1.165) is 12.8 Å². The van der Waals surface area contributed by atoms with Gasteiger partial charge in [-0.1, -0.05) is 0 Å². The van der Waals surface area contributed by atoms with Crippen LogP contribution >= 0.6 is 0 Å². The topological polar surface area (TPSA) is 52.3 Å². The van der Waals surface area contributed by atoms with E-state index in [1.165, 1.54) is 0 Å². The Hall–Kier alpha value is -0.570. The van der Waals surface area contributed by atoms with E-state index in [1.807, 2.05) is 6.92 Å². The Balaban J connectivity index is 2.36. The normalized spacial score (nSPS) is 38.8. The third kappa shape index (κ3) is 1.14. The smallest absolute Gasteiger partial charge is 0.220 e. The average Bonchev–Trinajstić information content (AvgIpc) is 1.80. The molecule has 0 aromatic rings. The van der Waals surface area contributed by atoms with Crippen LogP contribution in [0.3, 0.4) is 0 Å². The lowest BCUT2D eigenvalue weighted by atomic mass is 9.71. The predicted molar refractivity (Wildman–Crippen MR) is 37.3 cm³/mol. The Morgan fingerprint density at radius 2 is 2.20 bits per heavy atom. The summed E-state index contributed by atoms with van der Waals surface area (Å²) in [5.41, 5.74) is 5.00. The summed E-state index contributed by atoms with van der Waals surface area (Å²) < 4.78 is 5.15. The molecule has 1 rings (SSSR count). The van der Waals surface area contributed by atoms with Crippen molar-refractivity contribution in [3.8, 4) is 0 Å². The zero-order valence-corrected chi connectivity index (χ0v) is 6.39. The zero-order valence-electron chi connectivity index (χ0n) is 6.39. The van der Waals surface area contributed by atoms with Crippen molar-refractivity contribution in [2.45, 2.75) is 25.4 Å². The minimum Gasteiger partial charge on any atom is -0.378 e. The summed E-state index contributed by atoms with van der Waals surface area (Å²) in [5.74, 6) is -0.153. The number of hydrogen-bond donors (Lipinski definition) is 1. The molecule has 1 amide bonds. The van der Waals surface area contributed by atoms with Crippen LogP contribution in [-0.2, 0) is 9.53 Å².